The molecule has 0 saturated carbocycles. The maximum absolute atomic E-state index is 5.62. The van der Waals surface area contributed by atoms with E-state index in [1.54, 1.807) is 0 Å². The van der Waals surface area contributed by atoms with E-state index in [-0.39, 0.29) is 24.0 Å². The number of rotatable bonds is 7. The Balaban J connectivity index is 0.00000288. The summed E-state index contributed by atoms with van der Waals surface area (Å²) in [4.78, 5) is 7.11. The van der Waals surface area contributed by atoms with Crippen molar-refractivity contribution in [2.45, 2.75) is 33.1 Å². The fourth-order valence-corrected chi connectivity index (χ4v) is 2.91. The lowest BCUT2D eigenvalue weighted by molar-refractivity contribution is 0.116. The summed E-state index contributed by atoms with van der Waals surface area (Å²) in [6, 6.07) is 10.8. The van der Waals surface area contributed by atoms with Crippen LogP contribution in [-0.2, 0) is 4.74 Å². The number of aliphatic imine (C=N–C) groups is 1. The highest BCUT2D eigenvalue weighted by Crippen LogP contribution is 2.26. The molecule has 2 rings (SSSR count). The standard InChI is InChI=1S/C19H31N3O.HI/c1-4-20-19(21-11-13-23-15-16(2)3)22-12-10-18(14-22)17-8-6-5-7-9-17;/h5-9,16,18H,4,10-15H2,1-3H3,(H,20,21);1H. The summed E-state index contributed by atoms with van der Waals surface area (Å²) in [6.07, 6.45) is 1.19. The SMILES string of the molecule is CCNC(=NCCOCC(C)C)N1CCC(c2ccccc2)C1.I. The van der Waals surface area contributed by atoms with Crippen molar-refractivity contribution < 1.29 is 4.74 Å². The van der Waals surface area contributed by atoms with Gasteiger partial charge < -0.3 is 15.0 Å². The molecule has 0 bridgehead atoms. The molecule has 1 unspecified atom stereocenters. The minimum atomic E-state index is 0. The summed E-state index contributed by atoms with van der Waals surface area (Å²) in [5, 5.41) is 3.42. The Labute approximate surface area is 164 Å². The molecule has 1 heterocycles. The molecule has 1 saturated heterocycles. The zero-order valence-corrected chi connectivity index (χ0v) is 17.5. The van der Waals surface area contributed by atoms with Crippen LogP contribution in [0.2, 0.25) is 0 Å². The number of nitrogens with one attached hydrogen (secondary N) is 1. The van der Waals surface area contributed by atoms with E-state index in [0.717, 1.165) is 38.7 Å². The molecule has 1 atom stereocenters. The van der Waals surface area contributed by atoms with E-state index in [4.69, 9.17) is 9.73 Å². The van der Waals surface area contributed by atoms with Crippen molar-refractivity contribution in [3.63, 3.8) is 0 Å². The Bertz CT molecular complexity index is 479. The molecule has 1 aliphatic heterocycles. The fraction of sp³-hybridized carbons (Fsp3) is 0.632. The molecule has 136 valence electrons. The molecular weight excluding hydrogens is 413 g/mol. The van der Waals surface area contributed by atoms with Crippen LogP contribution < -0.4 is 5.32 Å². The highest BCUT2D eigenvalue weighted by atomic mass is 127. The highest BCUT2D eigenvalue weighted by Gasteiger charge is 2.25. The second-order valence-corrected chi connectivity index (χ2v) is 6.55. The Morgan fingerprint density at radius 2 is 2.08 bits per heavy atom. The Morgan fingerprint density at radius 3 is 2.75 bits per heavy atom. The lowest BCUT2D eigenvalue weighted by Gasteiger charge is -2.21. The number of halogens is 1. The number of ether oxygens (including phenoxy) is 1. The van der Waals surface area contributed by atoms with Crippen molar-refractivity contribution in [1.82, 2.24) is 10.2 Å². The molecule has 4 nitrogen and oxygen atoms in total. The summed E-state index contributed by atoms with van der Waals surface area (Å²) >= 11 is 0. The fourth-order valence-electron chi connectivity index (χ4n) is 2.91. The molecule has 1 fully saturated rings. The van der Waals surface area contributed by atoms with Gasteiger partial charge in [-0.15, -0.1) is 24.0 Å². The van der Waals surface area contributed by atoms with Crippen LogP contribution in [0, 0.1) is 5.92 Å². The van der Waals surface area contributed by atoms with Crippen LogP contribution in [0.4, 0.5) is 0 Å². The number of likely N-dealkylation sites (tertiary alicyclic amines) is 1. The van der Waals surface area contributed by atoms with Crippen LogP contribution in [0.1, 0.15) is 38.7 Å². The topological polar surface area (TPSA) is 36.9 Å². The van der Waals surface area contributed by atoms with E-state index in [1.165, 1.54) is 12.0 Å². The van der Waals surface area contributed by atoms with Crippen molar-refractivity contribution in [3.05, 3.63) is 35.9 Å². The van der Waals surface area contributed by atoms with Gasteiger partial charge in [0.05, 0.1) is 13.2 Å². The van der Waals surface area contributed by atoms with E-state index in [9.17, 15) is 0 Å². The third-order valence-corrected chi connectivity index (χ3v) is 4.04. The second-order valence-electron chi connectivity index (χ2n) is 6.55. The van der Waals surface area contributed by atoms with Crippen LogP contribution >= 0.6 is 24.0 Å². The van der Waals surface area contributed by atoms with E-state index < -0.39 is 0 Å². The highest BCUT2D eigenvalue weighted by molar-refractivity contribution is 14.0. The predicted molar refractivity (Wildman–Crippen MR) is 112 cm³/mol. The monoisotopic (exact) mass is 445 g/mol. The average molecular weight is 445 g/mol. The number of hydrogen-bond acceptors (Lipinski definition) is 2. The maximum atomic E-state index is 5.62. The Morgan fingerprint density at radius 1 is 1.33 bits per heavy atom. The first-order chi connectivity index (χ1) is 11.2. The summed E-state index contributed by atoms with van der Waals surface area (Å²) in [6.45, 7) is 11.7. The average Bonchev–Trinajstić information content (AvgIpc) is 3.04. The van der Waals surface area contributed by atoms with Crippen LogP contribution in [0.5, 0.6) is 0 Å². The van der Waals surface area contributed by atoms with Crippen LogP contribution in [-0.4, -0.2) is 50.3 Å². The second kappa shape index (κ2) is 11.7. The number of nitrogens with zero attached hydrogens (tertiary/aromatic N) is 2. The van der Waals surface area contributed by atoms with Crippen molar-refractivity contribution in [2.24, 2.45) is 10.9 Å². The molecule has 0 spiro atoms. The molecule has 1 aromatic rings. The molecule has 1 aliphatic rings. The summed E-state index contributed by atoms with van der Waals surface area (Å²) in [7, 11) is 0. The van der Waals surface area contributed by atoms with Gasteiger partial charge in [-0.25, -0.2) is 0 Å². The Kier molecular flexibility index (Phi) is 10.3. The Hall–Kier alpha value is -0.820. The molecule has 0 aromatic heterocycles. The van der Waals surface area contributed by atoms with Gasteiger partial charge in [0.2, 0.25) is 0 Å². The van der Waals surface area contributed by atoms with E-state index in [1.807, 2.05) is 0 Å². The molecule has 5 heteroatoms. The van der Waals surface area contributed by atoms with Gasteiger partial charge in [0, 0.05) is 32.2 Å². The first kappa shape index (κ1) is 21.2. The van der Waals surface area contributed by atoms with Gasteiger partial charge in [-0.05, 0) is 24.8 Å². The number of guanidine groups is 1. The molecule has 0 aliphatic carbocycles. The predicted octanol–water partition coefficient (Wildman–Crippen LogP) is 3.73. The van der Waals surface area contributed by atoms with Crippen molar-refractivity contribution in [3.8, 4) is 0 Å². The van der Waals surface area contributed by atoms with Gasteiger partial charge in [0.1, 0.15) is 0 Å². The third-order valence-electron chi connectivity index (χ3n) is 4.04. The van der Waals surface area contributed by atoms with Crippen LogP contribution in [0.25, 0.3) is 0 Å². The zero-order chi connectivity index (χ0) is 16.5. The third kappa shape index (κ3) is 6.97. The molecule has 0 radical (unpaired) electrons. The van der Waals surface area contributed by atoms with E-state index >= 15 is 0 Å². The lowest BCUT2D eigenvalue weighted by atomic mass is 9.99. The summed E-state index contributed by atoms with van der Waals surface area (Å²) in [5.74, 6) is 2.22. The molecule has 0 amide bonds. The zero-order valence-electron chi connectivity index (χ0n) is 15.2. The normalized spacial score (nSPS) is 17.9. The van der Waals surface area contributed by atoms with Gasteiger partial charge in [0.15, 0.2) is 5.96 Å². The maximum Gasteiger partial charge on any atom is 0.194 e. The van der Waals surface area contributed by atoms with Crippen LogP contribution in [0.15, 0.2) is 35.3 Å². The van der Waals surface area contributed by atoms with Gasteiger partial charge in [0.25, 0.3) is 0 Å². The first-order valence-corrected chi connectivity index (χ1v) is 8.86. The van der Waals surface area contributed by atoms with E-state index in [2.05, 4.69) is 61.3 Å². The quantitative estimate of drug-likeness (QED) is 0.301. The summed E-state index contributed by atoms with van der Waals surface area (Å²) < 4.78 is 5.62. The molecule has 24 heavy (non-hydrogen) atoms. The molecule has 1 N–H and O–H groups in total. The van der Waals surface area contributed by atoms with Crippen molar-refractivity contribution >= 4 is 29.9 Å². The van der Waals surface area contributed by atoms with Gasteiger partial charge in [-0.3, -0.25) is 4.99 Å². The van der Waals surface area contributed by atoms with Crippen molar-refractivity contribution in [2.75, 3.05) is 39.4 Å². The smallest absolute Gasteiger partial charge is 0.194 e. The van der Waals surface area contributed by atoms with Gasteiger partial charge in [-0.1, -0.05) is 44.2 Å². The largest absolute Gasteiger partial charge is 0.379 e. The van der Waals surface area contributed by atoms with E-state index in [0.29, 0.717) is 18.4 Å². The van der Waals surface area contributed by atoms with Gasteiger partial charge in [-0.2, -0.15) is 0 Å². The molecule has 1 aromatic carbocycles. The summed E-state index contributed by atoms with van der Waals surface area (Å²) in [5.41, 5.74) is 1.44. The lowest BCUT2D eigenvalue weighted by Crippen LogP contribution is -2.40. The molecular formula is C19H32IN3O. The number of benzene rings is 1. The van der Waals surface area contributed by atoms with Gasteiger partial charge >= 0.3 is 0 Å². The number of hydrogen-bond donors (Lipinski definition) is 1. The van der Waals surface area contributed by atoms with Crippen LogP contribution in [0.3, 0.4) is 0 Å². The van der Waals surface area contributed by atoms with Crippen molar-refractivity contribution in [1.29, 1.82) is 0 Å². The minimum absolute atomic E-state index is 0. The first-order valence-electron chi connectivity index (χ1n) is 8.86. The minimum Gasteiger partial charge on any atom is -0.379 e.